The maximum Gasteiger partial charge on any atom is 0.387 e. The predicted octanol–water partition coefficient (Wildman–Crippen LogP) is 3.02. The number of hydrogen-bond donors (Lipinski definition) is 1. The van der Waals surface area contributed by atoms with Crippen LogP contribution in [0.5, 0.6) is 5.75 Å². The second kappa shape index (κ2) is 9.33. The summed E-state index contributed by atoms with van der Waals surface area (Å²) < 4.78 is 28.7. The highest BCUT2D eigenvalue weighted by atomic mass is 32.1. The highest BCUT2D eigenvalue weighted by Crippen LogP contribution is 2.18. The number of halogens is 2. The van der Waals surface area contributed by atoms with Crippen molar-refractivity contribution < 1.29 is 13.5 Å². The lowest BCUT2D eigenvalue weighted by Gasteiger charge is -2.22. The molecule has 142 valence electrons. The minimum Gasteiger partial charge on any atom is -0.435 e. The van der Waals surface area contributed by atoms with Crippen LogP contribution in [0.3, 0.4) is 0 Å². The topological polar surface area (TPSA) is 53.0 Å². The lowest BCUT2D eigenvalue weighted by atomic mass is 10.2. The van der Waals surface area contributed by atoms with E-state index in [1.807, 2.05) is 36.3 Å². The molecule has 1 aromatic carbocycles. The first-order chi connectivity index (χ1) is 12.4. The first kappa shape index (κ1) is 19.9. The SMILES string of the molecule is CN=C(NCc1csc(N(C)C)n1)N(C)Cc1ccc(OC(F)F)cc1. The molecule has 9 heteroatoms. The van der Waals surface area contributed by atoms with Crippen LogP contribution in [0.1, 0.15) is 11.3 Å². The van der Waals surface area contributed by atoms with E-state index in [1.165, 1.54) is 12.1 Å². The van der Waals surface area contributed by atoms with Gasteiger partial charge in [0, 0.05) is 40.1 Å². The summed E-state index contributed by atoms with van der Waals surface area (Å²) in [7, 11) is 7.54. The quantitative estimate of drug-likeness (QED) is 0.588. The van der Waals surface area contributed by atoms with Crippen molar-refractivity contribution in [3.63, 3.8) is 0 Å². The van der Waals surface area contributed by atoms with Crippen molar-refractivity contribution in [1.29, 1.82) is 0 Å². The van der Waals surface area contributed by atoms with Gasteiger partial charge in [-0.1, -0.05) is 12.1 Å². The molecule has 0 amide bonds. The highest BCUT2D eigenvalue weighted by Gasteiger charge is 2.10. The van der Waals surface area contributed by atoms with Crippen molar-refractivity contribution in [2.75, 3.05) is 33.1 Å². The van der Waals surface area contributed by atoms with E-state index in [0.717, 1.165) is 22.3 Å². The molecule has 6 nitrogen and oxygen atoms in total. The van der Waals surface area contributed by atoms with E-state index in [4.69, 9.17) is 0 Å². The summed E-state index contributed by atoms with van der Waals surface area (Å²) in [4.78, 5) is 12.7. The van der Waals surface area contributed by atoms with Crippen molar-refractivity contribution in [1.82, 2.24) is 15.2 Å². The number of aromatic nitrogens is 1. The average molecular weight is 383 g/mol. The van der Waals surface area contributed by atoms with Gasteiger partial charge in [-0.25, -0.2) is 4.98 Å². The molecule has 0 saturated heterocycles. The maximum absolute atomic E-state index is 12.2. The lowest BCUT2D eigenvalue weighted by Crippen LogP contribution is -2.38. The molecule has 1 heterocycles. The smallest absolute Gasteiger partial charge is 0.387 e. The highest BCUT2D eigenvalue weighted by molar-refractivity contribution is 7.13. The predicted molar refractivity (Wildman–Crippen MR) is 101 cm³/mol. The van der Waals surface area contributed by atoms with E-state index in [0.29, 0.717) is 13.1 Å². The van der Waals surface area contributed by atoms with E-state index >= 15 is 0 Å². The summed E-state index contributed by atoms with van der Waals surface area (Å²) in [5.41, 5.74) is 1.90. The molecule has 1 N–H and O–H groups in total. The van der Waals surface area contributed by atoms with Gasteiger partial charge < -0.3 is 19.9 Å². The summed E-state index contributed by atoms with van der Waals surface area (Å²) in [5.74, 6) is 0.867. The zero-order chi connectivity index (χ0) is 19.1. The third-order valence-electron chi connectivity index (χ3n) is 3.49. The van der Waals surface area contributed by atoms with Crippen molar-refractivity contribution in [3.05, 3.63) is 40.9 Å². The van der Waals surface area contributed by atoms with Crippen molar-refractivity contribution in [2.24, 2.45) is 4.99 Å². The zero-order valence-corrected chi connectivity index (χ0v) is 16.1. The van der Waals surface area contributed by atoms with Gasteiger partial charge in [-0.05, 0) is 17.7 Å². The minimum atomic E-state index is -2.81. The standard InChI is InChI=1S/C17H23F2N5OS/c1-20-16(21-9-13-11-26-17(22-13)23(2)3)24(4)10-12-5-7-14(8-6-12)25-15(18)19/h5-8,11,15H,9-10H2,1-4H3,(H,20,21). The largest absolute Gasteiger partial charge is 0.435 e. The molecule has 0 radical (unpaired) electrons. The van der Waals surface area contributed by atoms with Gasteiger partial charge in [0.15, 0.2) is 11.1 Å². The molecule has 0 spiro atoms. The van der Waals surface area contributed by atoms with E-state index < -0.39 is 6.61 Å². The van der Waals surface area contributed by atoms with Gasteiger partial charge in [-0.2, -0.15) is 8.78 Å². The molecule has 2 aromatic rings. The molecule has 0 unspecified atom stereocenters. The second-order valence-corrected chi connectivity index (χ2v) is 6.63. The Balaban J connectivity index is 1.90. The zero-order valence-electron chi connectivity index (χ0n) is 15.2. The van der Waals surface area contributed by atoms with Gasteiger partial charge in [0.05, 0.1) is 12.2 Å². The summed E-state index contributed by atoms with van der Waals surface area (Å²) in [6.45, 7) is -1.66. The number of anilines is 1. The van der Waals surface area contributed by atoms with E-state index in [1.54, 1.807) is 30.5 Å². The first-order valence-corrected chi connectivity index (χ1v) is 8.84. The Morgan fingerprint density at radius 2 is 1.96 bits per heavy atom. The normalized spacial score (nSPS) is 11.6. The number of guanidine groups is 1. The first-order valence-electron chi connectivity index (χ1n) is 7.96. The number of hydrogen-bond acceptors (Lipinski definition) is 5. The van der Waals surface area contributed by atoms with Gasteiger partial charge in [-0.15, -0.1) is 11.3 Å². The van der Waals surface area contributed by atoms with Gasteiger partial charge in [0.2, 0.25) is 0 Å². The number of nitrogens with one attached hydrogen (secondary N) is 1. The lowest BCUT2D eigenvalue weighted by molar-refractivity contribution is -0.0498. The second-order valence-electron chi connectivity index (χ2n) is 5.80. The molecule has 0 aliphatic rings. The molecule has 0 atom stereocenters. The van der Waals surface area contributed by atoms with Gasteiger partial charge in [0.1, 0.15) is 5.75 Å². The average Bonchev–Trinajstić information content (AvgIpc) is 3.06. The van der Waals surface area contributed by atoms with Crippen LogP contribution in [0.15, 0.2) is 34.6 Å². The van der Waals surface area contributed by atoms with Crippen molar-refractivity contribution >= 4 is 22.4 Å². The number of thiazole rings is 1. The molecular formula is C17H23F2N5OS. The Kier molecular flexibility index (Phi) is 7.14. The third kappa shape index (κ3) is 5.83. The number of alkyl halides is 2. The molecule has 0 bridgehead atoms. The summed E-state index contributed by atoms with van der Waals surface area (Å²) in [5, 5.41) is 6.24. The molecule has 0 aliphatic heterocycles. The van der Waals surface area contributed by atoms with Crippen LogP contribution in [0.4, 0.5) is 13.9 Å². The van der Waals surface area contributed by atoms with E-state index in [9.17, 15) is 8.78 Å². The van der Waals surface area contributed by atoms with Crippen LogP contribution >= 0.6 is 11.3 Å². The maximum atomic E-state index is 12.2. The van der Waals surface area contributed by atoms with Gasteiger partial charge in [0.25, 0.3) is 0 Å². The Morgan fingerprint density at radius 1 is 1.27 bits per heavy atom. The van der Waals surface area contributed by atoms with Crippen LogP contribution < -0.4 is 15.0 Å². The number of rotatable bonds is 7. The Hall–Kier alpha value is -2.42. The van der Waals surface area contributed by atoms with Crippen LogP contribution in [0.25, 0.3) is 0 Å². The molecule has 0 saturated carbocycles. The Labute approximate surface area is 156 Å². The molecule has 26 heavy (non-hydrogen) atoms. The molecular weight excluding hydrogens is 360 g/mol. The number of nitrogens with zero attached hydrogens (tertiary/aromatic N) is 4. The number of benzene rings is 1. The van der Waals surface area contributed by atoms with Crippen molar-refractivity contribution in [3.8, 4) is 5.75 Å². The third-order valence-corrected chi connectivity index (χ3v) is 4.55. The summed E-state index contributed by atoms with van der Waals surface area (Å²) in [6, 6.07) is 6.57. The van der Waals surface area contributed by atoms with Gasteiger partial charge >= 0.3 is 6.61 Å². The fourth-order valence-electron chi connectivity index (χ4n) is 2.26. The monoisotopic (exact) mass is 383 g/mol. The minimum absolute atomic E-state index is 0.147. The number of aliphatic imine (C=N–C) groups is 1. The van der Waals surface area contributed by atoms with E-state index in [2.05, 4.69) is 20.0 Å². The molecule has 0 fully saturated rings. The summed E-state index contributed by atoms with van der Waals surface area (Å²) >= 11 is 1.59. The van der Waals surface area contributed by atoms with E-state index in [-0.39, 0.29) is 5.75 Å². The van der Waals surface area contributed by atoms with Crippen LogP contribution in [-0.2, 0) is 13.1 Å². The van der Waals surface area contributed by atoms with Crippen molar-refractivity contribution in [2.45, 2.75) is 19.7 Å². The fourth-order valence-corrected chi connectivity index (χ4v) is 3.02. The van der Waals surface area contributed by atoms with Crippen LogP contribution in [0, 0.1) is 0 Å². The molecule has 2 rings (SSSR count). The Morgan fingerprint density at radius 3 is 2.50 bits per heavy atom. The molecule has 1 aromatic heterocycles. The Bertz CT molecular complexity index is 718. The van der Waals surface area contributed by atoms with Gasteiger partial charge in [-0.3, -0.25) is 4.99 Å². The molecule has 0 aliphatic carbocycles. The number of ether oxygens (including phenoxy) is 1. The summed E-state index contributed by atoms with van der Waals surface area (Å²) in [6.07, 6.45) is 0. The fraction of sp³-hybridized carbons (Fsp3) is 0.412. The van der Waals surface area contributed by atoms with Crippen LogP contribution in [-0.4, -0.2) is 50.6 Å². The van der Waals surface area contributed by atoms with Crippen LogP contribution in [0.2, 0.25) is 0 Å².